The molecule has 0 amide bonds. The van der Waals surface area contributed by atoms with Crippen LogP contribution in [0.2, 0.25) is 5.02 Å². The Kier molecular flexibility index (Phi) is 6.22. The van der Waals surface area contributed by atoms with Crippen molar-refractivity contribution in [1.82, 2.24) is 4.72 Å². The highest BCUT2D eigenvalue weighted by molar-refractivity contribution is 7.89. The van der Waals surface area contributed by atoms with Crippen molar-refractivity contribution in [2.75, 3.05) is 7.11 Å². The first-order valence-corrected chi connectivity index (χ1v) is 8.54. The second-order valence-corrected chi connectivity index (χ2v) is 7.48. The van der Waals surface area contributed by atoms with E-state index in [1.165, 1.54) is 19.2 Å². The molecule has 0 aromatic heterocycles. The van der Waals surface area contributed by atoms with Gasteiger partial charge in [0.25, 0.3) is 0 Å². The van der Waals surface area contributed by atoms with Gasteiger partial charge in [-0.15, -0.1) is 0 Å². The van der Waals surface area contributed by atoms with E-state index in [-0.39, 0.29) is 22.3 Å². The number of carboxylic acid groups (broad SMARTS) is 1. The minimum absolute atomic E-state index is 0.0318. The van der Waals surface area contributed by atoms with E-state index in [2.05, 4.69) is 4.72 Å². The van der Waals surface area contributed by atoms with E-state index in [4.69, 9.17) is 21.4 Å². The Morgan fingerprint density at radius 2 is 2.00 bits per heavy atom. The van der Waals surface area contributed by atoms with Crippen molar-refractivity contribution in [3.8, 4) is 5.75 Å². The lowest BCUT2D eigenvalue weighted by atomic mass is 10.1. The van der Waals surface area contributed by atoms with Crippen LogP contribution < -0.4 is 9.46 Å². The molecule has 0 radical (unpaired) electrons. The number of hydrogen-bond donors (Lipinski definition) is 2. The molecule has 1 rings (SSSR count). The second kappa shape index (κ2) is 7.30. The maximum absolute atomic E-state index is 12.4. The molecule has 124 valence electrons. The normalized spacial score (nSPS) is 13.2. The van der Waals surface area contributed by atoms with E-state index >= 15 is 0 Å². The Balaban J connectivity index is 3.18. The third-order valence-electron chi connectivity index (χ3n) is 3.04. The fourth-order valence-corrected chi connectivity index (χ4v) is 3.76. The van der Waals surface area contributed by atoms with Gasteiger partial charge in [-0.1, -0.05) is 25.4 Å². The third-order valence-corrected chi connectivity index (χ3v) is 4.95. The van der Waals surface area contributed by atoms with Gasteiger partial charge in [0, 0.05) is 0 Å². The lowest BCUT2D eigenvalue weighted by Gasteiger charge is -2.18. The van der Waals surface area contributed by atoms with Crippen LogP contribution in [0.3, 0.4) is 0 Å². The van der Waals surface area contributed by atoms with Gasteiger partial charge in [-0.25, -0.2) is 8.42 Å². The molecule has 0 aliphatic carbocycles. The Morgan fingerprint density at radius 3 is 2.45 bits per heavy atom. The van der Waals surface area contributed by atoms with Crippen molar-refractivity contribution in [3.63, 3.8) is 0 Å². The number of halogens is 1. The number of sulfonamides is 1. The number of benzene rings is 1. The molecule has 1 aromatic carbocycles. The van der Waals surface area contributed by atoms with Gasteiger partial charge in [0.05, 0.1) is 17.0 Å². The number of methoxy groups -OCH3 is 1. The average Bonchev–Trinajstić information content (AvgIpc) is 2.39. The number of aliphatic carboxylic acids is 1. The zero-order valence-electron chi connectivity index (χ0n) is 12.9. The summed E-state index contributed by atoms with van der Waals surface area (Å²) in [5.74, 6) is -0.825. The van der Waals surface area contributed by atoms with E-state index in [1.54, 1.807) is 6.92 Å². The van der Waals surface area contributed by atoms with Crippen LogP contribution in [0.5, 0.6) is 5.75 Å². The zero-order chi connectivity index (χ0) is 17.1. The van der Waals surface area contributed by atoms with Crippen LogP contribution in [0.4, 0.5) is 0 Å². The van der Waals surface area contributed by atoms with Crippen molar-refractivity contribution < 1.29 is 23.1 Å². The second-order valence-electron chi connectivity index (χ2n) is 5.39. The first-order valence-electron chi connectivity index (χ1n) is 6.67. The van der Waals surface area contributed by atoms with Crippen molar-refractivity contribution in [2.24, 2.45) is 5.92 Å². The maximum Gasteiger partial charge on any atom is 0.321 e. The number of aryl methyl sites for hydroxylation is 1. The molecule has 6 nitrogen and oxygen atoms in total. The van der Waals surface area contributed by atoms with Crippen LogP contribution in [-0.2, 0) is 14.8 Å². The summed E-state index contributed by atoms with van der Waals surface area (Å²) in [4.78, 5) is 11.2. The quantitative estimate of drug-likeness (QED) is 0.788. The molecule has 8 heteroatoms. The minimum Gasteiger partial charge on any atom is -0.495 e. The SMILES string of the molecule is COc1cc(C)c(S(=O)(=O)N[C@@H](CC(C)C)C(=O)O)cc1Cl. The smallest absolute Gasteiger partial charge is 0.321 e. The van der Waals surface area contributed by atoms with Gasteiger partial charge in [0.15, 0.2) is 0 Å². The molecule has 0 saturated carbocycles. The zero-order valence-corrected chi connectivity index (χ0v) is 14.5. The molecular formula is C14H20ClNO5S. The van der Waals surface area contributed by atoms with E-state index in [0.717, 1.165) is 0 Å². The first kappa shape index (κ1) is 18.7. The van der Waals surface area contributed by atoms with Crippen LogP contribution >= 0.6 is 11.6 Å². The topological polar surface area (TPSA) is 92.7 Å². The summed E-state index contributed by atoms with van der Waals surface area (Å²) in [6.07, 6.45) is 0.192. The highest BCUT2D eigenvalue weighted by Gasteiger charge is 2.27. The number of hydrogen-bond acceptors (Lipinski definition) is 4. The fourth-order valence-electron chi connectivity index (χ4n) is 2.00. The molecule has 0 unspecified atom stereocenters. The number of carboxylic acids is 1. The van der Waals surface area contributed by atoms with E-state index in [1.807, 2.05) is 13.8 Å². The molecule has 0 saturated heterocycles. The predicted molar refractivity (Wildman–Crippen MR) is 83.9 cm³/mol. The first-order chi connectivity index (χ1) is 10.1. The summed E-state index contributed by atoms with van der Waals surface area (Å²) < 4.78 is 32.1. The van der Waals surface area contributed by atoms with E-state index in [9.17, 15) is 13.2 Å². The lowest BCUT2D eigenvalue weighted by molar-refractivity contribution is -0.139. The third kappa shape index (κ3) is 4.59. The summed E-state index contributed by atoms with van der Waals surface area (Å²) in [5.41, 5.74) is 0.419. The highest BCUT2D eigenvalue weighted by Crippen LogP contribution is 2.30. The number of ether oxygens (including phenoxy) is 1. The van der Waals surface area contributed by atoms with Gasteiger partial charge in [-0.05, 0) is 37.0 Å². The number of nitrogens with one attached hydrogen (secondary N) is 1. The van der Waals surface area contributed by atoms with Crippen molar-refractivity contribution in [3.05, 3.63) is 22.7 Å². The summed E-state index contributed by atoms with van der Waals surface area (Å²) in [5, 5.41) is 9.31. The summed E-state index contributed by atoms with van der Waals surface area (Å²) >= 11 is 5.96. The molecule has 22 heavy (non-hydrogen) atoms. The van der Waals surface area contributed by atoms with E-state index in [0.29, 0.717) is 11.3 Å². The number of carbonyl (C=O) groups is 1. The Morgan fingerprint density at radius 1 is 1.41 bits per heavy atom. The van der Waals surface area contributed by atoms with Crippen LogP contribution in [0.1, 0.15) is 25.8 Å². The lowest BCUT2D eigenvalue weighted by Crippen LogP contribution is -2.41. The molecule has 0 heterocycles. The average molecular weight is 350 g/mol. The molecule has 0 aliphatic rings. The van der Waals surface area contributed by atoms with Crippen LogP contribution in [0.25, 0.3) is 0 Å². The molecular weight excluding hydrogens is 330 g/mol. The summed E-state index contributed by atoms with van der Waals surface area (Å²) in [7, 11) is -2.57. The Hall–Kier alpha value is -1.31. The van der Waals surface area contributed by atoms with E-state index < -0.39 is 22.0 Å². The molecule has 0 fully saturated rings. The summed E-state index contributed by atoms with van der Waals surface area (Å²) in [6, 6.07) is 1.56. The van der Waals surface area contributed by atoms with Crippen molar-refractivity contribution in [1.29, 1.82) is 0 Å². The molecule has 0 aliphatic heterocycles. The van der Waals surface area contributed by atoms with Gasteiger partial charge >= 0.3 is 5.97 Å². The monoisotopic (exact) mass is 349 g/mol. The molecule has 2 N–H and O–H groups in total. The van der Waals surface area contributed by atoms with Crippen LogP contribution in [-0.4, -0.2) is 32.6 Å². The fraction of sp³-hybridized carbons (Fsp3) is 0.500. The van der Waals surface area contributed by atoms with Gasteiger partial charge in [-0.2, -0.15) is 4.72 Å². The molecule has 0 bridgehead atoms. The van der Waals surface area contributed by atoms with Crippen molar-refractivity contribution >= 4 is 27.6 Å². The molecule has 1 aromatic rings. The van der Waals surface area contributed by atoms with Gasteiger partial charge in [-0.3, -0.25) is 4.79 Å². The largest absolute Gasteiger partial charge is 0.495 e. The standard InChI is InChI=1S/C14H20ClNO5S/c1-8(2)5-11(14(17)18)16-22(19,20)13-7-10(15)12(21-4)6-9(13)3/h6-8,11,16H,5H2,1-4H3,(H,17,18)/t11-/m0/s1. The Bertz CT molecular complexity index is 657. The molecule has 0 spiro atoms. The summed E-state index contributed by atoms with van der Waals surface area (Å²) in [6.45, 7) is 5.23. The van der Waals surface area contributed by atoms with Gasteiger partial charge in [0.1, 0.15) is 11.8 Å². The maximum atomic E-state index is 12.4. The minimum atomic E-state index is -4.00. The highest BCUT2D eigenvalue weighted by atomic mass is 35.5. The Labute approximate surface area is 135 Å². The predicted octanol–water partition coefficient (Wildman–Crippen LogP) is 2.43. The van der Waals surface area contributed by atoms with Crippen LogP contribution in [0, 0.1) is 12.8 Å². The molecule has 1 atom stereocenters. The van der Waals surface area contributed by atoms with Crippen molar-refractivity contribution in [2.45, 2.75) is 38.1 Å². The van der Waals surface area contributed by atoms with Crippen LogP contribution in [0.15, 0.2) is 17.0 Å². The van der Waals surface area contributed by atoms with Gasteiger partial charge in [0.2, 0.25) is 10.0 Å². The number of rotatable bonds is 7. The van der Waals surface area contributed by atoms with Gasteiger partial charge < -0.3 is 9.84 Å².